The smallest absolute Gasteiger partial charge is 0.349 e. The van der Waals surface area contributed by atoms with Crippen molar-refractivity contribution in [2.45, 2.75) is 58.5 Å². The summed E-state index contributed by atoms with van der Waals surface area (Å²) in [6.07, 6.45) is 5.63. The number of hydrogen-bond acceptors (Lipinski definition) is 5. The molecule has 1 aliphatic carbocycles. The summed E-state index contributed by atoms with van der Waals surface area (Å²) < 4.78 is 5.35. The molecule has 2 rings (SSSR count). The van der Waals surface area contributed by atoms with Crippen LogP contribution in [-0.4, -0.2) is 24.0 Å². The zero-order chi connectivity index (χ0) is 17.7. The first kappa shape index (κ1) is 18.4. The van der Waals surface area contributed by atoms with Crippen LogP contribution >= 0.6 is 11.3 Å². The molecule has 1 heterocycles. The van der Waals surface area contributed by atoms with E-state index < -0.39 is 24.0 Å². The summed E-state index contributed by atoms with van der Waals surface area (Å²) in [5, 5.41) is 1.97. The Labute approximate surface area is 145 Å². The van der Waals surface area contributed by atoms with Gasteiger partial charge in [0.05, 0.1) is 0 Å². The highest BCUT2D eigenvalue weighted by Crippen LogP contribution is 2.29. The maximum atomic E-state index is 12.4. The number of esters is 1. The van der Waals surface area contributed by atoms with Gasteiger partial charge in [0.1, 0.15) is 4.88 Å². The van der Waals surface area contributed by atoms with Crippen LogP contribution in [0.25, 0.3) is 0 Å². The summed E-state index contributed by atoms with van der Waals surface area (Å²) in [4.78, 5) is 37.0. The Hall–Kier alpha value is -1.89. The van der Waals surface area contributed by atoms with Crippen molar-refractivity contribution in [2.75, 3.05) is 0 Å². The van der Waals surface area contributed by atoms with E-state index in [2.05, 4.69) is 0 Å². The minimum atomic E-state index is -1.05. The van der Waals surface area contributed by atoms with Crippen molar-refractivity contribution in [1.82, 2.24) is 5.32 Å². The Kier molecular flexibility index (Phi) is 6.36. The molecule has 7 heteroatoms. The fourth-order valence-corrected chi connectivity index (χ4v) is 3.94. The number of ether oxygens (including phenoxy) is 1. The first-order valence-electron chi connectivity index (χ1n) is 8.31. The lowest BCUT2D eigenvalue weighted by Crippen LogP contribution is -2.45. The standard InChI is InChI=1S/C17H24N2O4S/c1-10(2)14(15(20)19-17(18)22)23-16(21)13-9-11-7-5-3-4-6-8-12(11)24-13/h9-10,14H,3-8H2,1-2H3,(H3,18,19,20,22)/t14-/m0/s1. The summed E-state index contributed by atoms with van der Waals surface area (Å²) in [5.41, 5.74) is 6.18. The number of carbonyl (C=O) groups is 3. The summed E-state index contributed by atoms with van der Waals surface area (Å²) in [6, 6.07) is 0.928. The lowest BCUT2D eigenvalue weighted by atomic mass is 10.00. The third-order valence-electron chi connectivity index (χ3n) is 4.04. The quantitative estimate of drug-likeness (QED) is 0.814. The second kappa shape index (κ2) is 8.28. The highest BCUT2D eigenvalue weighted by atomic mass is 32.1. The van der Waals surface area contributed by atoms with Gasteiger partial charge in [0.2, 0.25) is 0 Å². The van der Waals surface area contributed by atoms with E-state index in [1.165, 1.54) is 34.6 Å². The van der Waals surface area contributed by atoms with Gasteiger partial charge in [-0.3, -0.25) is 10.1 Å². The Balaban J connectivity index is 2.11. The van der Waals surface area contributed by atoms with Gasteiger partial charge in [0, 0.05) is 4.88 Å². The van der Waals surface area contributed by atoms with Crippen molar-refractivity contribution in [3.8, 4) is 0 Å². The van der Waals surface area contributed by atoms with Crippen LogP contribution in [0.1, 0.15) is 59.6 Å². The second-order valence-corrected chi connectivity index (χ2v) is 7.53. The average Bonchev–Trinajstić information content (AvgIpc) is 2.85. The monoisotopic (exact) mass is 352 g/mol. The van der Waals surface area contributed by atoms with Gasteiger partial charge in [-0.25, -0.2) is 9.59 Å². The fourth-order valence-electron chi connectivity index (χ4n) is 2.80. The van der Waals surface area contributed by atoms with E-state index in [0.717, 1.165) is 25.7 Å². The van der Waals surface area contributed by atoms with Gasteiger partial charge in [-0.1, -0.05) is 26.7 Å². The first-order chi connectivity index (χ1) is 11.4. The number of fused-ring (bicyclic) bond motifs is 1. The molecule has 0 saturated carbocycles. The molecule has 1 aromatic heterocycles. The van der Waals surface area contributed by atoms with Gasteiger partial charge in [0.25, 0.3) is 5.91 Å². The normalized spacial score (nSPS) is 15.8. The van der Waals surface area contributed by atoms with Gasteiger partial charge in [-0.05, 0) is 43.2 Å². The van der Waals surface area contributed by atoms with Crippen molar-refractivity contribution in [2.24, 2.45) is 11.7 Å². The molecule has 132 valence electrons. The SMILES string of the molecule is CC(C)[C@H](OC(=O)c1cc2c(s1)CCCCCC2)C(=O)NC(N)=O. The minimum Gasteiger partial charge on any atom is -0.448 e. The largest absolute Gasteiger partial charge is 0.448 e. The minimum absolute atomic E-state index is 0.269. The van der Waals surface area contributed by atoms with Gasteiger partial charge in [-0.15, -0.1) is 11.3 Å². The molecule has 1 atom stereocenters. The van der Waals surface area contributed by atoms with Crippen LogP contribution in [0, 0.1) is 5.92 Å². The lowest BCUT2D eigenvalue weighted by molar-refractivity contribution is -0.130. The number of urea groups is 1. The third-order valence-corrected chi connectivity index (χ3v) is 5.26. The maximum absolute atomic E-state index is 12.4. The van der Waals surface area contributed by atoms with Crippen LogP contribution in [0.15, 0.2) is 6.07 Å². The second-order valence-electron chi connectivity index (χ2n) is 6.40. The number of rotatable bonds is 4. The molecule has 3 amide bonds. The molecular formula is C17H24N2O4S. The van der Waals surface area contributed by atoms with Gasteiger partial charge in [0.15, 0.2) is 6.10 Å². The number of thiophene rings is 1. The van der Waals surface area contributed by atoms with Crippen LogP contribution in [0.5, 0.6) is 0 Å². The zero-order valence-corrected chi connectivity index (χ0v) is 14.9. The highest BCUT2D eigenvalue weighted by Gasteiger charge is 2.29. The van der Waals surface area contributed by atoms with E-state index in [1.54, 1.807) is 13.8 Å². The summed E-state index contributed by atoms with van der Waals surface area (Å²) in [6.45, 7) is 3.48. The number of imide groups is 1. The van der Waals surface area contributed by atoms with E-state index in [-0.39, 0.29) is 5.92 Å². The van der Waals surface area contributed by atoms with E-state index in [4.69, 9.17) is 10.5 Å². The average molecular weight is 352 g/mol. The van der Waals surface area contributed by atoms with Crippen molar-refractivity contribution in [1.29, 1.82) is 0 Å². The van der Waals surface area contributed by atoms with Crippen LogP contribution in [0.2, 0.25) is 0 Å². The molecule has 0 unspecified atom stereocenters. The number of aryl methyl sites for hydroxylation is 2. The predicted molar refractivity (Wildman–Crippen MR) is 92.0 cm³/mol. The van der Waals surface area contributed by atoms with Crippen molar-refractivity contribution < 1.29 is 19.1 Å². The Morgan fingerprint density at radius 2 is 1.83 bits per heavy atom. The molecule has 0 radical (unpaired) electrons. The van der Waals surface area contributed by atoms with Crippen molar-refractivity contribution in [3.05, 3.63) is 21.4 Å². The van der Waals surface area contributed by atoms with Gasteiger partial charge >= 0.3 is 12.0 Å². The molecule has 1 aliphatic rings. The molecular weight excluding hydrogens is 328 g/mol. The Morgan fingerprint density at radius 1 is 1.17 bits per heavy atom. The van der Waals surface area contributed by atoms with Gasteiger partial charge in [-0.2, -0.15) is 0 Å². The maximum Gasteiger partial charge on any atom is 0.349 e. The Bertz CT molecular complexity index is 599. The molecule has 0 saturated heterocycles. The summed E-state index contributed by atoms with van der Waals surface area (Å²) >= 11 is 1.45. The van der Waals surface area contributed by atoms with E-state index in [9.17, 15) is 14.4 Å². The Morgan fingerprint density at radius 3 is 2.46 bits per heavy atom. The van der Waals surface area contributed by atoms with Crippen molar-refractivity contribution in [3.63, 3.8) is 0 Å². The highest BCUT2D eigenvalue weighted by molar-refractivity contribution is 7.14. The molecule has 0 fully saturated rings. The molecule has 0 spiro atoms. The zero-order valence-electron chi connectivity index (χ0n) is 14.1. The van der Waals surface area contributed by atoms with Gasteiger partial charge < -0.3 is 10.5 Å². The van der Waals surface area contributed by atoms with E-state index in [0.29, 0.717) is 4.88 Å². The number of nitrogens with two attached hydrogens (primary N) is 1. The number of primary amides is 1. The summed E-state index contributed by atoms with van der Waals surface area (Å²) in [5.74, 6) is -1.49. The van der Waals surface area contributed by atoms with E-state index in [1.807, 2.05) is 11.4 Å². The third kappa shape index (κ3) is 4.80. The fraction of sp³-hybridized carbons (Fsp3) is 0.588. The lowest BCUT2D eigenvalue weighted by Gasteiger charge is -2.19. The number of hydrogen-bond donors (Lipinski definition) is 2. The molecule has 24 heavy (non-hydrogen) atoms. The molecule has 3 N–H and O–H groups in total. The van der Waals surface area contributed by atoms with Crippen LogP contribution in [-0.2, 0) is 22.4 Å². The predicted octanol–water partition coefficient (Wildman–Crippen LogP) is 2.78. The summed E-state index contributed by atoms with van der Waals surface area (Å²) in [7, 11) is 0. The molecule has 0 bridgehead atoms. The topological polar surface area (TPSA) is 98.5 Å². The van der Waals surface area contributed by atoms with Crippen LogP contribution in [0.4, 0.5) is 4.79 Å². The molecule has 0 aliphatic heterocycles. The number of nitrogens with one attached hydrogen (secondary N) is 1. The first-order valence-corrected chi connectivity index (χ1v) is 9.13. The van der Waals surface area contributed by atoms with E-state index >= 15 is 0 Å². The van der Waals surface area contributed by atoms with Crippen molar-refractivity contribution >= 4 is 29.2 Å². The molecule has 6 nitrogen and oxygen atoms in total. The number of amides is 3. The van der Waals surface area contributed by atoms with Crippen LogP contribution < -0.4 is 11.1 Å². The molecule has 0 aromatic carbocycles. The number of carbonyl (C=O) groups excluding carboxylic acids is 3. The van der Waals surface area contributed by atoms with Crippen LogP contribution in [0.3, 0.4) is 0 Å². The molecule has 1 aromatic rings.